The number of hydrogen-bond donors (Lipinski definition) is 0. The third kappa shape index (κ3) is 6.41. The molecule has 57 heavy (non-hydrogen) atoms. The van der Waals surface area contributed by atoms with Gasteiger partial charge in [0, 0.05) is 52.5 Å². The zero-order chi connectivity index (χ0) is 38.3. The van der Waals surface area contributed by atoms with Crippen LogP contribution in [0.5, 0.6) is 0 Å². The molecule has 0 atom stereocenters. The van der Waals surface area contributed by atoms with Crippen LogP contribution in [0.2, 0.25) is 0 Å². The molecule has 270 valence electrons. The molecule has 0 amide bonds. The minimum absolute atomic E-state index is 0.0966. The van der Waals surface area contributed by atoms with Gasteiger partial charge in [0.05, 0.1) is 22.8 Å². The lowest BCUT2D eigenvalue weighted by Crippen LogP contribution is -2.14. The van der Waals surface area contributed by atoms with Crippen molar-refractivity contribution in [3.63, 3.8) is 0 Å². The van der Waals surface area contributed by atoms with Gasteiger partial charge in [-0.05, 0) is 141 Å². The average Bonchev–Trinajstić information content (AvgIpc) is 3.52. The largest absolute Gasteiger partial charge is 0.265 e. The van der Waals surface area contributed by atoms with Gasteiger partial charge >= 0.3 is 0 Å². The molecular weight excluding hydrogens is 693 g/mol. The summed E-state index contributed by atoms with van der Waals surface area (Å²) in [5, 5.41) is 0. The number of hydrogen-bond acceptors (Lipinski definition) is 4. The fraction of sp³-hybridized carbons (Fsp3) is 0.0566. The maximum Gasteiger partial charge on any atom is 0.0710 e. The highest BCUT2D eigenvalue weighted by Crippen LogP contribution is 2.50. The van der Waals surface area contributed by atoms with Crippen molar-refractivity contribution < 1.29 is 0 Å². The van der Waals surface area contributed by atoms with Gasteiger partial charge in [0.25, 0.3) is 0 Å². The van der Waals surface area contributed by atoms with E-state index in [1.807, 2.05) is 61.2 Å². The van der Waals surface area contributed by atoms with Crippen molar-refractivity contribution in [2.24, 2.45) is 0 Å². The average molecular weight is 731 g/mol. The third-order valence-electron chi connectivity index (χ3n) is 11.3. The topological polar surface area (TPSA) is 51.6 Å². The van der Waals surface area contributed by atoms with E-state index < -0.39 is 0 Å². The van der Waals surface area contributed by atoms with Gasteiger partial charge in [0.2, 0.25) is 0 Å². The van der Waals surface area contributed by atoms with Crippen molar-refractivity contribution in [2.75, 3.05) is 0 Å². The van der Waals surface area contributed by atoms with Crippen molar-refractivity contribution in [3.05, 3.63) is 206 Å². The van der Waals surface area contributed by atoms with E-state index in [2.05, 4.69) is 157 Å². The van der Waals surface area contributed by atoms with Crippen LogP contribution in [0.4, 0.5) is 0 Å². The Balaban J connectivity index is 1.10. The van der Waals surface area contributed by atoms with Crippen LogP contribution < -0.4 is 0 Å². The minimum atomic E-state index is -0.0966. The Labute approximate surface area is 333 Å². The van der Waals surface area contributed by atoms with E-state index >= 15 is 0 Å². The summed E-state index contributed by atoms with van der Waals surface area (Å²) in [7, 11) is 0. The first-order valence-corrected chi connectivity index (χ1v) is 19.3. The Morgan fingerprint density at radius 2 is 0.702 bits per heavy atom. The van der Waals surface area contributed by atoms with Crippen LogP contribution in [-0.2, 0) is 5.41 Å². The molecule has 0 aliphatic heterocycles. The molecule has 0 fully saturated rings. The molecule has 4 heterocycles. The summed E-state index contributed by atoms with van der Waals surface area (Å²) in [5.74, 6) is 0. The lowest BCUT2D eigenvalue weighted by atomic mass is 9.81. The zero-order valence-corrected chi connectivity index (χ0v) is 31.8. The molecule has 4 heteroatoms. The van der Waals surface area contributed by atoms with Gasteiger partial charge in [0.15, 0.2) is 0 Å². The van der Waals surface area contributed by atoms with E-state index in [9.17, 15) is 0 Å². The van der Waals surface area contributed by atoms with Crippen LogP contribution in [0.15, 0.2) is 195 Å². The number of aromatic nitrogens is 4. The van der Waals surface area contributed by atoms with Gasteiger partial charge < -0.3 is 0 Å². The van der Waals surface area contributed by atoms with Crippen LogP contribution in [0.3, 0.4) is 0 Å². The quantitative estimate of drug-likeness (QED) is 0.164. The summed E-state index contributed by atoms with van der Waals surface area (Å²) in [4.78, 5) is 18.5. The molecule has 0 saturated heterocycles. The molecule has 0 N–H and O–H groups in total. The summed E-state index contributed by atoms with van der Waals surface area (Å²) in [6.07, 6.45) is 7.23. The van der Waals surface area contributed by atoms with E-state index in [0.717, 1.165) is 67.3 Å². The van der Waals surface area contributed by atoms with E-state index in [1.165, 1.54) is 33.4 Å². The van der Waals surface area contributed by atoms with Gasteiger partial charge in [-0.15, -0.1) is 0 Å². The molecule has 4 aromatic heterocycles. The van der Waals surface area contributed by atoms with E-state index in [-0.39, 0.29) is 5.41 Å². The first-order chi connectivity index (χ1) is 28.0. The lowest BCUT2D eigenvalue weighted by Gasteiger charge is -2.22. The van der Waals surface area contributed by atoms with Gasteiger partial charge in [-0.25, -0.2) is 9.97 Å². The van der Waals surface area contributed by atoms with Gasteiger partial charge in [0.1, 0.15) is 0 Å². The predicted octanol–water partition coefficient (Wildman–Crippen LogP) is 13.2. The van der Waals surface area contributed by atoms with Crippen molar-refractivity contribution in [2.45, 2.75) is 19.3 Å². The van der Waals surface area contributed by atoms with Crippen LogP contribution >= 0.6 is 0 Å². The molecule has 1 aliphatic carbocycles. The van der Waals surface area contributed by atoms with Gasteiger partial charge in [-0.3, -0.25) is 9.97 Å². The summed E-state index contributed by atoms with van der Waals surface area (Å²) >= 11 is 0. The number of nitrogens with zero attached hydrogens (tertiary/aromatic N) is 4. The highest BCUT2D eigenvalue weighted by Gasteiger charge is 2.35. The smallest absolute Gasteiger partial charge is 0.0710 e. The number of benzene rings is 5. The van der Waals surface area contributed by atoms with Gasteiger partial charge in [-0.2, -0.15) is 0 Å². The van der Waals surface area contributed by atoms with Crippen LogP contribution in [0, 0.1) is 0 Å². The van der Waals surface area contributed by atoms with Crippen LogP contribution in [0.25, 0.3) is 89.5 Å². The van der Waals surface area contributed by atoms with Crippen LogP contribution in [0.1, 0.15) is 25.0 Å². The fourth-order valence-corrected chi connectivity index (χ4v) is 8.29. The molecule has 1 aliphatic rings. The van der Waals surface area contributed by atoms with Gasteiger partial charge in [-0.1, -0.05) is 98.8 Å². The normalized spacial score (nSPS) is 12.5. The standard InChI is InChI=1S/C53H38N4/c1-53(2)47-14-4-3-13-45(47)46-20-19-39(34-48(46)53)44-32-42(37-9-5-11-40(29-37)51-17-7-15-49(56-51)35-21-25-54-26-22-35)31-43(33-44)38-10-6-12-41(30-38)52-18-8-16-50(57-52)36-23-27-55-28-24-36/h3-34H,1-2H3. The van der Waals surface area contributed by atoms with Crippen molar-refractivity contribution in [3.8, 4) is 89.5 Å². The van der Waals surface area contributed by atoms with E-state index in [4.69, 9.17) is 9.97 Å². The zero-order valence-electron chi connectivity index (χ0n) is 31.8. The minimum Gasteiger partial charge on any atom is -0.265 e. The molecule has 0 saturated carbocycles. The Morgan fingerprint density at radius 1 is 0.298 bits per heavy atom. The summed E-state index contributed by atoms with van der Waals surface area (Å²) in [6, 6.07) is 60.7. The second-order valence-electron chi connectivity index (χ2n) is 15.2. The van der Waals surface area contributed by atoms with Crippen molar-refractivity contribution in [1.82, 2.24) is 19.9 Å². The summed E-state index contributed by atoms with van der Waals surface area (Å²) in [5.41, 5.74) is 20.1. The van der Waals surface area contributed by atoms with Crippen molar-refractivity contribution in [1.29, 1.82) is 0 Å². The molecule has 0 radical (unpaired) electrons. The summed E-state index contributed by atoms with van der Waals surface area (Å²) < 4.78 is 0. The molecule has 0 unspecified atom stereocenters. The monoisotopic (exact) mass is 730 g/mol. The molecule has 0 bridgehead atoms. The Morgan fingerprint density at radius 3 is 1.23 bits per heavy atom. The fourth-order valence-electron chi connectivity index (χ4n) is 8.29. The first kappa shape index (κ1) is 34.2. The molecule has 4 nitrogen and oxygen atoms in total. The maximum absolute atomic E-state index is 5.07. The Bertz CT molecular complexity index is 2790. The highest BCUT2D eigenvalue weighted by molar-refractivity contribution is 5.87. The lowest BCUT2D eigenvalue weighted by molar-refractivity contribution is 0.660. The third-order valence-corrected chi connectivity index (χ3v) is 11.3. The van der Waals surface area contributed by atoms with Crippen molar-refractivity contribution >= 4 is 0 Å². The molecule has 5 aromatic carbocycles. The Hall–Kier alpha value is -7.30. The molecule has 10 rings (SSSR count). The van der Waals surface area contributed by atoms with E-state index in [0.29, 0.717) is 0 Å². The number of pyridine rings is 4. The first-order valence-electron chi connectivity index (χ1n) is 19.3. The predicted molar refractivity (Wildman–Crippen MR) is 233 cm³/mol. The number of fused-ring (bicyclic) bond motifs is 3. The molecule has 0 spiro atoms. The van der Waals surface area contributed by atoms with Crippen LogP contribution in [-0.4, -0.2) is 19.9 Å². The second kappa shape index (κ2) is 14.1. The molecular formula is C53H38N4. The Kier molecular flexibility index (Phi) is 8.45. The second-order valence-corrected chi connectivity index (χ2v) is 15.2. The molecule has 9 aromatic rings. The maximum atomic E-state index is 5.07. The SMILES string of the molecule is CC1(C)c2ccccc2-c2ccc(-c3cc(-c4cccc(-c5cccc(-c6ccncc6)n5)c4)cc(-c4cccc(-c5cccc(-c6ccncc6)n5)c4)c3)cc21. The summed E-state index contributed by atoms with van der Waals surface area (Å²) in [6.45, 7) is 4.69. The van der Waals surface area contributed by atoms with E-state index in [1.54, 1.807) is 0 Å². The highest BCUT2D eigenvalue weighted by atomic mass is 14.7. The number of rotatable bonds is 7.